The van der Waals surface area contributed by atoms with Crippen LogP contribution in [0.3, 0.4) is 0 Å². The number of hydrogen-bond acceptors (Lipinski definition) is 6. The second kappa shape index (κ2) is 27.5. The molecule has 6 nitrogen and oxygen atoms in total. The number of fused-ring (bicyclic) bond motifs is 2. The van der Waals surface area contributed by atoms with Crippen LogP contribution < -0.4 is 4.74 Å². The summed E-state index contributed by atoms with van der Waals surface area (Å²) >= 11 is 15.5. The third-order valence-electron chi connectivity index (χ3n) is 11.8. The summed E-state index contributed by atoms with van der Waals surface area (Å²) in [6, 6.07) is 23.6. The van der Waals surface area contributed by atoms with Gasteiger partial charge in [-0.1, -0.05) is 73.6 Å². The number of halogens is 5. The van der Waals surface area contributed by atoms with Gasteiger partial charge in [-0.2, -0.15) is 0 Å². The van der Waals surface area contributed by atoms with Gasteiger partial charge in [-0.3, -0.25) is 14.6 Å². The molecule has 9 unspecified atom stereocenters. The summed E-state index contributed by atoms with van der Waals surface area (Å²) < 4.78 is 51.0. The zero-order valence-electron chi connectivity index (χ0n) is 38.2. The largest absolute Gasteiger partial charge is 0.496 e. The molecule has 0 saturated heterocycles. The van der Waals surface area contributed by atoms with Crippen molar-refractivity contribution in [1.82, 2.24) is 14.8 Å². The number of pyridine rings is 1. The molecule has 3 heterocycles. The number of carbonyl (C=O) groups excluding carboxylic acids is 2. The van der Waals surface area contributed by atoms with E-state index in [2.05, 4.69) is 67.5 Å². The number of aryl methyl sites for hydroxylation is 1. The van der Waals surface area contributed by atoms with Gasteiger partial charge in [0.15, 0.2) is 0 Å². The van der Waals surface area contributed by atoms with Gasteiger partial charge in [0.2, 0.25) is 0 Å². The lowest BCUT2D eigenvalue weighted by atomic mass is 9.88. The van der Waals surface area contributed by atoms with Crippen molar-refractivity contribution in [1.29, 1.82) is 0 Å². The van der Waals surface area contributed by atoms with Crippen molar-refractivity contribution in [2.24, 2.45) is 0 Å². The first-order valence-electron chi connectivity index (χ1n) is 21.6. The molecule has 376 valence electrons. The Morgan fingerprint density at radius 3 is 1.72 bits per heavy atom. The Morgan fingerprint density at radius 2 is 1.23 bits per heavy atom. The molecule has 1 aliphatic rings. The Kier molecular flexibility index (Phi) is 23.0. The smallest absolute Gasteiger partial charge is 0.266 e. The van der Waals surface area contributed by atoms with E-state index in [1.54, 1.807) is 35.4 Å². The first-order chi connectivity index (χ1) is 33.9. The molecule has 7 aromatic rings. The van der Waals surface area contributed by atoms with Crippen LogP contribution in [0, 0.1) is 24.4 Å². The molecular weight excluding hydrogens is 1230 g/mol. The SMILES string of the molecule is COc1ccc(-c2ccncc2)cc1CN(C(=O)c1sc2c(F)ccc(C)c2c1Cl)C1CCC(N(Cc2ccccc2)C(=O)c2sc3c(F)ccc(F)c3c2Cl)CC1.PPP(P(P)P)P(P(P)P)P(P)P. The normalized spacial score (nSPS) is 15.6. The second-order valence-electron chi connectivity index (χ2n) is 16.2. The minimum atomic E-state index is -0.698. The van der Waals surface area contributed by atoms with E-state index in [-0.39, 0.29) is 95.9 Å². The van der Waals surface area contributed by atoms with Crippen LogP contribution in [0.15, 0.2) is 97.3 Å². The maximum absolute atomic E-state index is 15.1. The molecule has 0 N–H and O–H groups in total. The number of methoxy groups -OCH3 is 1. The third-order valence-corrected chi connectivity index (χ3v) is 88.5. The van der Waals surface area contributed by atoms with Gasteiger partial charge < -0.3 is 14.5 Å². The molecule has 4 aromatic carbocycles. The summed E-state index contributed by atoms with van der Waals surface area (Å²) in [5, 5.41) is 0.517. The standard InChI is InChI=1S/C45H36Cl2F3N3O3S2.H15P13/c1-25-8-14-33(49)40-36(25)38(46)42(57-40)45(55)53(24-29-22-28(9-17-35(29)56-2)27-18-20-51-21-19-27)31-12-10-30(11-13-31)52(23-26-6-4-3-5-7-26)44(54)43-39(47)37-32(48)15-16-34(50)41(37)58-43;1-8-12(9(2)3)13(10(4)5)11(6)7/h3-9,14-22,30-31H,10-13,23-24H2,1-2H3;8H,1-7H2. The molecule has 0 aliphatic heterocycles. The van der Waals surface area contributed by atoms with Crippen molar-refractivity contribution in [2.45, 2.75) is 57.8 Å². The van der Waals surface area contributed by atoms with Crippen LogP contribution in [-0.4, -0.2) is 45.8 Å². The highest BCUT2D eigenvalue weighted by Gasteiger charge is 2.37. The molecule has 3 aromatic heterocycles. The molecule has 1 saturated carbocycles. The Bertz CT molecular complexity index is 2990. The Morgan fingerprint density at radius 1 is 0.704 bits per heavy atom. The lowest BCUT2D eigenvalue weighted by molar-refractivity contribution is 0.0460. The number of benzene rings is 4. The van der Waals surface area contributed by atoms with Gasteiger partial charge in [0.1, 0.15) is 33.0 Å². The average Bonchev–Trinajstić information content (AvgIpc) is 3.92. The van der Waals surface area contributed by atoms with Crippen LogP contribution in [-0.2, 0) is 13.1 Å². The van der Waals surface area contributed by atoms with Crippen LogP contribution >= 0.6 is 151 Å². The number of carbonyl (C=O) groups is 2. The minimum Gasteiger partial charge on any atom is -0.496 e. The number of thiophene rings is 2. The first kappa shape index (κ1) is 59.3. The van der Waals surface area contributed by atoms with Gasteiger partial charge in [-0.05, 0) is 132 Å². The van der Waals surface area contributed by atoms with E-state index >= 15 is 4.39 Å². The predicted molar refractivity (Wildman–Crippen MR) is 338 cm³/mol. The summed E-state index contributed by atoms with van der Waals surface area (Å²) in [5.41, 5.74) is 4.28. The zero-order chi connectivity index (χ0) is 51.3. The van der Waals surface area contributed by atoms with Crippen LogP contribution in [0.5, 0.6) is 5.75 Å². The van der Waals surface area contributed by atoms with E-state index < -0.39 is 23.4 Å². The van der Waals surface area contributed by atoms with E-state index in [4.69, 9.17) is 27.9 Å². The topological polar surface area (TPSA) is 62.7 Å². The van der Waals surface area contributed by atoms with Crippen LogP contribution in [0.25, 0.3) is 31.3 Å². The van der Waals surface area contributed by atoms with Crippen molar-refractivity contribution in [2.75, 3.05) is 7.11 Å². The third kappa shape index (κ3) is 14.1. The lowest BCUT2D eigenvalue weighted by Crippen LogP contribution is -2.47. The molecule has 9 atom stereocenters. The van der Waals surface area contributed by atoms with Crippen molar-refractivity contribution >= 4 is 183 Å². The summed E-state index contributed by atoms with van der Waals surface area (Å²) in [6.45, 7) is 3.12. The number of aromatic nitrogens is 1. The lowest BCUT2D eigenvalue weighted by Gasteiger charge is -2.41. The van der Waals surface area contributed by atoms with E-state index in [1.165, 1.54) is 6.07 Å². The molecule has 0 spiro atoms. The van der Waals surface area contributed by atoms with Gasteiger partial charge in [-0.15, -0.1) is 85.2 Å². The first-order valence-corrected chi connectivity index (χ1v) is 46.8. The van der Waals surface area contributed by atoms with E-state index in [1.807, 2.05) is 67.6 Å². The van der Waals surface area contributed by atoms with Gasteiger partial charge >= 0.3 is 0 Å². The van der Waals surface area contributed by atoms with Gasteiger partial charge in [-0.25, -0.2) is 13.2 Å². The Hall–Kier alpha value is 0.650. The zero-order valence-corrected chi connectivity index (χ0v) is 54.9. The van der Waals surface area contributed by atoms with Crippen LogP contribution in [0.2, 0.25) is 10.0 Å². The molecule has 71 heavy (non-hydrogen) atoms. The van der Waals surface area contributed by atoms with Crippen molar-refractivity contribution in [3.63, 3.8) is 0 Å². The monoisotopic (exact) mass is 1270 g/mol. The highest BCUT2D eigenvalue weighted by Crippen LogP contribution is 3.18. The van der Waals surface area contributed by atoms with Crippen molar-refractivity contribution < 1.29 is 27.5 Å². The maximum Gasteiger partial charge on any atom is 0.266 e. The number of hydrogen-bond donors (Lipinski definition) is 0. The predicted octanol–water partition coefficient (Wildman–Crippen LogP) is 19.7. The number of ether oxygens (including phenoxy) is 1. The van der Waals surface area contributed by atoms with Gasteiger partial charge in [0.05, 0.1) is 31.9 Å². The Labute approximate surface area is 454 Å². The van der Waals surface area contributed by atoms with E-state index in [0.29, 0.717) is 41.5 Å². The Balaban J connectivity index is 0.000000501. The minimum absolute atomic E-state index is 0.00993. The molecule has 8 rings (SSSR count). The van der Waals surface area contributed by atoms with Crippen molar-refractivity contribution in [3.8, 4) is 16.9 Å². The summed E-state index contributed by atoms with van der Waals surface area (Å²) in [5.74, 6) is -1.95. The highest BCUT2D eigenvalue weighted by molar-refractivity contribution is 9.24. The van der Waals surface area contributed by atoms with Crippen molar-refractivity contribution in [3.05, 3.63) is 151 Å². The molecule has 1 fully saturated rings. The number of amides is 2. The number of rotatable bonds is 15. The summed E-state index contributed by atoms with van der Waals surface area (Å²) in [6.07, 6.45) is 5.49. The summed E-state index contributed by atoms with van der Waals surface area (Å²) in [7, 11) is 23.8. The molecule has 2 amide bonds. The van der Waals surface area contributed by atoms with E-state index in [0.717, 1.165) is 70.6 Å². The van der Waals surface area contributed by atoms with Gasteiger partial charge in [0.25, 0.3) is 11.8 Å². The average molecular weight is 1280 g/mol. The number of nitrogens with zero attached hydrogens (tertiary/aromatic N) is 3. The fourth-order valence-corrected chi connectivity index (χ4v) is 139. The van der Waals surface area contributed by atoms with Crippen LogP contribution in [0.1, 0.15) is 61.7 Å². The quantitative estimate of drug-likeness (QED) is 0.0960. The molecule has 0 radical (unpaired) electrons. The molecule has 26 heteroatoms. The fraction of sp³-hybridized carbons (Fsp3) is 0.222. The highest BCUT2D eigenvalue weighted by atomic mass is 35.5. The maximum atomic E-state index is 15.1. The molecular formula is C45H51Cl2F3N3O3P13S2. The molecule has 0 bridgehead atoms. The van der Waals surface area contributed by atoms with Gasteiger partial charge in [0, 0.05) is 48.5 Å². The summed E-state index contributed by atoms with van der Waals surface area (Å²) in [4.78, 5) is 37.4. The second-order valence-corrected chi connectivity index (χ2v) is 66.5. The fourth-order valence-electron chi connectivity index (χ4n) is 8.45. The molecule has 1 aliphatic carbocycles. The van der Waals surface area contributed by atoms with Crippen LogP contribution in [0.4, 0.5) is 13.2 Å². The van der Waals surface area contributed by atoms with E-state index in [9.17, 15) is 18.4 Å².